The number of nitrogens with two attached hydrogens (primary N) is 3. The fourth-order valence-electron chi connectivity index (χ4n) is 19.0. The summed E-state index contributed by atoms with van der Waals surface area (Å²) >= 11 is 5.72. The summed E-state index contributed by atoms with van der Waals surface area (Å²) < 4.78 is 44.0. The maximum atomic E-state index is 14.8. The maximum absolute atomic E-state index is 14.8. The minimum atomic E-state index is -2.51. The number of ether oxygens (including phenoxy) is 6. The number of methoxy groups -OCH3 is 2. The minimum Gasteiger partial charge on any atom is -0.465 e. The average Bonchev–Trinajstić information content (AvgIpc) is 1.26. The van der Waals surface area contributed by atoms with Crippen molar-refractivity contribution in [3.63, 3.8) is 0 Å². The first kappa shape index (κ1) is 97.0. The fourth-order valence-corrected chi connectivity index (χ4v) is 19.1. The van der Waals surface area contributed by atoms with Crippen LogP contribution in [0.1, 0.15) is 158 Å². The number of carbonyl (C=O) groups excluding carboxylic acids is 7. The van der Waals surface area contributed by atoms with Gasteiger partial charge in [0.2, 0.25) is 23.6 Å². The molecule has 37 heteroatoms. The van der Waals surface area contributed by atoms with Crippen molar-refractivity contribution in [2.24, 2.45) is 35.3 Å². The standard InChI is InChI=1S/C95H125N19O17S/c1-56-14-10-9-11-15-57(2)76(125-7)46-69-22-17-61(6)95(124,131-69)85(120)89(122)113-27-13-12-16-72(113)90(123)128-77(47-73(115)58(3)41-60(5)83(118)84(119)82(117)59(4)40-56)70(96)43-62-19-23-75(78(44-62)126-8)130-94(132)103-50-64-48-99-92(100-49-64)111-35-33-109(34-36-111)79(116)26-38-127-39-37-108-29-31-110(32-30-108)93-101-51-68(52-102-93)88(121)112-28-25-65-42-63(18-20-67(65)54-112)53-114-87-80(86(97)104-55-105-87)81(107-114)66-21-24-74-71(45-66)106-91(98)129-74/h9-11,14-15,18,20-21,24,41-42,45,48-49,51-52,55-56,58-59,61-62,69-70,72,75-78,83-84,118-119,124H,12-13,16-17,19,22-23,25-40,43-44,46-47,50,53-54,96H2,1-8H3,(H2,98,106)(H,103,132)(H2,97,104,105)/b11-9+,14-10+,57-15+,60-41+/t56-,58-,59-,61-,62+,69+,70-,72+,75-,76+,77+,78-,83-,84+,95-/m1/s1. The number of nitrogens with one attached hydrogen (secondary N) is 1. The quantitative estimate of drug-likeness (QED) is 0.0131. The number of ketones is 3. The number of thiocarbonyl (C=S) groups is 1. The summed E-state index contributed by atoms with van der Waals surface area (Å²) in [6, 6.07) is 9.68. The zero-order valence-corrected chi connectivity index (χ0v) is 77.3. The second-order valence-corrected chi connectivity index (χ2v) is 36.7. The largest absolute Gasteiger partial charge is 0.465 e. The van der Waals surface area contributed by atoms with Gasteiger partial charge in [0.05, 0.1) is 55.4 Å². The number of piperazine rings is 2. The van der Waals surface area contributed by atoms with Crippen LogP contribution in [0.3, 0.4) is 0 Å². The number of aliphatic hydroxyl groups excluding tert-OH is 2. The van der Waals surface area contributed by atoms with Crippen LogP contribution in [0.15, 0.2) is 120 Å². The number of cyclic esters (lactones) is 1. The highest BCUT2D eigenvalue weighted by Crippen LogP contribution is 2.40. The van der Waals surface area contributed by atoms with Gasteiger partial charge in [0.1, 0.15) is 59.6 Å². The number of anilines is 4. The van der Waals surface area contributed by atoms with Crippen molar-refractivity contribution >= 4 is 104 Å². The summed E-state index contributed by atoms with van der Waals surface area (Å²) in [5.74, 6) is -7.86. The molecule has 5 fully saturated rings. The lowest BCUT2D eigenvalue weighted by Crippen LogP contribution is -2.61. The molecule has 1 saturated carbocycles. The molecule has 3 amide bonds. The SMILES string of the molecule is CO[C@H]1C[C@@H]2CC[C@@H](C)[C@@](O)(O2)C(=O)C(=O)N2CCCC[C@H]2C(=O)O[C@H]([C@H](N)C[C@@H]2CC[C@@H](OC(=S)NCc3cnc(N4CCN(C(=O)CCOCCN5CCN(c6ncc(C(=O)N7CCc8cc(Cn9nc(-c%10ccc%11oc(N)nc%11c%10)c%10c(N)ncnc%109)ccc8C7)cn6)CC5)CC4)nc3)[C@H](OC)C2)CC(=O)[C@H](C)/C=C(\C)[C@@H](O)[C@@H](O)C(=O)[C@H](C)C[C@H](C)/C=C/C=C/C=C/1C. The summed E-state index contributed by atoms with van der Waals surface area (Å²) in [6.07, 6.45) is 17.2. The number of hydrogen-bond acceptors (Lipinski definition) is 32. The minimum absolute atomic E-state index is 0.00522. The van der Waals surface area contributed by atoms with Crippen molar-refractivity contribution in [1.82, 2.24) is 69.6 Å². The molecular weight excluding hydrogens is 1710 g/mol. The van der Waals surface area contributed by atoms with E-state index in [9.17, 15) is 48.9 Å². The molecule has 1 aliphatic carbocycles. The van der Waals surface area contributed by atoms with Crippen LogP contribution in [0.4, 0.5) is 23.7 Å². The number of amides is 3. The van der Waals surface area contributed by atoms with Gasteiger partial charge in [0, 0.05) is 172 Å². The molecule has 15 atom stereocenters. The first-order valence-corrected chi connectivity index (χ1v) is 46.5. The second kappa shape index (κ2) is 44.2. The van der Waals surface area contributed by atoms with E-state index >= 15 is 0 Å². The van der Waals surface area contributed by atoms with Crippen LogP contribution in [-0.4, -0.2) is 286 Å². The van der Waals surface area contributed by atoms with E-state index in [1.54, 1.807) is 65.8 Å². The molecular formula is C95H125N19O17S. The normalized spacial score (nSPS) is 27.9. The number of allylic oxidation sites excluding steroid dienone is 6. The van der Waals surface area contributed by atoms with Crippen LogP contribution < -0.4 is 32.3 Å². The third-order valence-electron chi connectivity index (χ3n) is 27.0. The van der Waals surface area contributed by atoms with E-state index in [1.807, 2.05) is 75.7 Å². The number of esters is 1. The van der Waals surface area contributed by atoms with Crippen molar-refractivity contribution < 1.29 is 81.7 Å². The Balaban J connectivity index is 0.496. The Hall–Kier alpha value is -11.0. The Morgan fingerprint density at radius 3 is 2.23 bits per heavy atom. The number of nitrogens with zero attached hydrogens (tertiary/aromatic N) is 15. The van der Waals surface area contributed by atoms with Crippen molar-refractivity contribution in [2.45, 2.75) is 212 Å². The number of carbonyl (C=O) groups is 7. The monoisotopic (exact) mass is 1840 g/mol. The molecule has 2 aromatic carbocycles. The van der Waals surface area contributed by atoms with Crippen molar-refractivity contribution in [2.75, 3.05) is 121 Å². The summed E-state index contributed by atoms with van der Waals surface area (Å²) in [7, 11) is 3.14. The number of piperidine rings is 1. The number of fused-ring (bicyclic) bond motifs is 6. The number of aliphatic hydroxyl groups is 3. The Morgan fingerprint density at radius 2 is 1.48 bits per heavy atom. The number of hydrogen-bond donors (Lipinski definition) is 7. The predicted octanol–water partition coefficient (Wildman–Crippen LogP) is 7.13. The number of oxazole rings is 1. The Bertz CT molecular complexity index is 5380. The van der Waals surface area contributed by atoms with Crippen molar-refractivity contribution in [1.29, 1.82) is 0 Å². The van der Waals surface area contributed by atoms with Gasteiger partial charge < -0.3 is 95.2 Å². The molecule has 4 saturated heterocycles. The highest BCUT2D eigenvalue weighted by molar-refractivity contribution is 7.80. The topological polar surface area (TPSA) is 466 Å². The van der Waals surface area contributed by atoms with Gasteiger partial charge in [-0.05, 0) is 155 Å². The molecule has 7 aliphatic rings. The van der Waals surface area contributed by atoms with Gasteiger partial charge >= 0.3 is 5.97 Å². The zero-order valence-electron chi connectivity index (χ0n) is 76.5. The predicted molar refractivity (Wildman–Crippen MR) is 496 cm³/mol. The summed E-state index contributed by atoms with van der Waals surface area (Å²) in [4.78, 5) is 142. The van der Waals surface area contributed by atoms with Gasteiger partial charge in [-0.25, -0.2) is 39.4 Å². The lowest BCUT2D eigenvalue weighted by Gasteiger charge is -2.42. The van der Waals surface area contributed by atoms with Crippen molar-refractivity contribution in [3.8, 4) is 11.3 Å². The smallest absolute Gasteiger partial charge is 0.329 e. The molecule has 0 radical (unpaired) electrons. The van der Waals surface area contributed by atoms with E-state index in [1.165, 1.54) is 19.3 Å². The molecule has 7 aromatic rings. The van der Waals surface area contributed by atoms with E-state index in [0.29, 0.717) is 188 Å². The van der Waals surface area contributed by atoms with E-state index < -0.39 is 108 Å². The van der Waals surface area contributed by atoms with Crippen LogP contribution in [-0.2, 0) is 83.2 Å². The Kier molecular flexibility index (Phi) is 32.5. The zero-order chi connectivity index (χ0) is 93.6. The lowest BCUT2D eigenvalue weighted by molar-refractivity contribution is -0.265. The molecule has 36 nitrogen and oxygen atoms in total. The van der Waals surface area contributed by atoms with Crippen LogP contribution in [0.5, 0.6) is 0 Å². The van der Waals surface area contributed by atoms with Crippen LogP contribution in [0, 0.1) is 29.6 Å². The molecule has 11 heterocycles. The number of nitrogen functional groups attached to an aromatic ring is 2. The highest BCUT2D eigenvalue weighted by Gasteiger charge is 2.53. The molecule has 2 bridgehead atoms. The molecule has 6 aliphatic heterocycles. The van der Waals surface area contributed by atoms with Gasteiger partial charge in [-0.2, -0.15) is 10.1 Å². The van der Waals surface area contributed by atoms with Crippen LogP contribution in [0.25, 0.3) is 33.4 Å². The maximum Gasteiger partial charge on any atom is 0.329 e. The van der Waals surface area contributed by atoms with E-state index in [4.69, 9.17) is 67.4 Å². The fraction of sp³-hybridized carbons (Fsp3) is 0.558. The molecule has 14 rings (SSSR count). The molecule has 132 heavy (non-hydrogen) atoms. The van der Waals surface area contributed by atoms with E-state index in [2.05, 4.69) is 68.2 Å². The number of benzene rings is 2. The molecule has 0 spiro atoms. The summed E-state index contributed by atoms with van der Waals surface area (Å²) in [6.45, 7) is 18.6. The van der Waals surface area contributed by atoms with Crippen molar-refractivity contribution in [3.05, 3.63) is 143 Å². The third-order valence-corrected chi connectivity index (χ3v) is 27.2. The van der Waals surface area contributed by atoms with Gasteiger partial charge in [0.15, 0.2) is 17.0 Å². The Labute approximate surface area is 773 Å². The van der Waals surface area contributed by atoms with Crippen LogP contribution >= 0.6 is 12.2 Å². The van der Waals surface area contributed by atoms with Gasteiger partial charge in [-0.1, -0.05) is 82.4 Å². The molecule has 708 valence electrons. The average molecular weight is 1840 g/mol. The van der Waals surface area contributed by atoms with E-state index in [0.717, 1.165) is 51.4 Å². The molecule has 10 N–H and O–H groups in total. The first-order chi connectivity index (χ1) is 63.5. The van der Waals surface area contributed by atoms with Gasteiger partial charge in [0.25, 0.3) is 28.8 Å². The molecule has 0 unspecified atom stereocenters. The highest BCUT2D eigenvalue weighted by atomic mass is 32.1. The second-order valence-electron chi connectivity index (χ2n) is 36.3. The number of Topliss-reactive ketones (excluding diaryl/α,β-unsaturated/α-hetero) is 3. The van der Waals surface area contributed by atoms with Gasteiger partial charge in [-0.15, -0.1) is 0 Å². The van der Waals surface area contributed by atoms with Gasteiger partial charge in [-0.3, -0.25) is 33.7 Å². The lowest BCUT2D eigenvalue weighted by atomic mass is 9.80. The van der Waals surface area contributed by atoms with Crippen LogP contribution in [0.2, 0.25) is 0 Å². The summed E-state index contributed by atoms with van der Waals surface area (Å²) in [5.41, 5.74) is 27.9. The third kappa shape index (κ3) is 23.6. The Morgan fingerprint density at radius 1 is 0.742 bits per heavy atom. The number of aromatic nitrogens is 9. The summed E-state index contributed by atoms with van der Waals surface area (Å²) in [5, 5.41) is 43.7. The number of rotatable bonds is 20. The molecule has 5 aromatic heterocycles. The first-order valence-electron chi connectivity index (χ1n) is 46.1. The van der Waals surface area contributed by atoms with E-state index in [-0.39, 0.29) is 85.6 Å².